The van der Waals surface area contributed by atoms with E-state index in [4.69, 9.17) is 0 Å². The molecule has 0 unspecified atom stereocenters. The van der Waals surface area contributed by atoms with Crippen LogP contribution in [0.2, 0.25) is 0 Å². The maximum atomic E-state index is 12.0. The molecule has 0 saturated heterocycles. The van der Waals surface area contributed by atoms with Crippen molar-refractivity contribution in [1.82, 2.24) is 0 Å². The van der Waals surface area contributed by atoms with E-state index < -0.39 is 0 Å². The SMILES string of the molecule is CCC(=O)CCC(C)(C)C(=O)CCC(C)C. The normalized spacial score (nSPS) is 11.9. The predicted octanol–water partition coefficient (Wildman–Crippen LogP) is 3.78. The maximum Gasteiger partial charge on any atom is 0.138 e. The number of hydrogen-bond donors (Lipinski definition) is 0. The van der Waals surface area contributed by atoms with E-state index in [1.165, 1.54) is 0 Å². The lowest BCUT2D eigenvalue weighted by Gasteiger charge is -2.23. The van der Waals surface area contributed by atoms with E-state index in [2.05, 4.69) is 13.8 Å². The Kier molecular flexibility index (Phi) is 6.54. The summed E-state index contributed by atoms with van der Waals surface area (Å²) in [4.78, 5) is 23.2. The van der Waals surface area contributed by atoms with Crippen LogP contribution < -0.4 is 0 Å². The highest BCUT2D eigenvalue weighted by Crippen LogP contribution is 2.26. The second-order valence-electron chi connectivity index (χ2n) is 5.63. The van der Waals surface area contributed by atoms with Crippen molar-refractivity contribution in [3.63, 3.8) is 0 Å². The van der Waals surface area contributed by atoms with Crippen molar-refractivity contribution in [1.29, 1.82) is 0 Å². The van der Waals surface area contributed by atoms with Crippen molar-refractivity contribution >= 4 is 11.6 Å². The molecule has 0 saturated carbocycles. The summed E-state index contributed by atoms with van der Waals surface area (Å²) < 4.78 is 0. The first kappa shape index (κ1) is 15.3. The third-order valence-electron chi connectivity index (χ3n) is 3.13. The highest BCUT2D eigenvalue weighted by atomic mass is 16.1. The van der Waals surface area contributed by atoms with Gasteiger partial charge in [-0.15, -0.1) is 0 Å². The van der Waals surface area contributed by atoms with Crippen LogP contribution in [0, 0.1) is 11.3 Å². The highest BCUT2D eigenvalue weighted by Gasteiger charge is 2.27. The Bertz CT molecular complexity index is 239. The molecule has 0 atom stereocenters. The molecule has 94 valence electrons. The van der Waals surface area contributed by atoms with Gasteiger partial charge in [0.15, 0.2) is 0 Å². The molecule has 0 radical (unpaired) electrons. The fourth-order valence-electron chi connectivity index (χ4n) is 1.53. The van der Waals surface area contributed by atoms with Crippen LogP contribution in [0.3, 0.4) is 0 Å². The van der Waals surface area contributed by atoms with Crippen LogP contribution in [-0.4, -0.2) is 11.6 Å². The summed E-state index contributed by atoms with van der Waals surface area (Å²) in [6.45, 7) is 10.0. The fraction of sp³-hybridized carbons (Fsp3) is 0.857. The molecule has 0 rings (SSSR count). The van der Waals surface area contributed by atoms with Crippen molar-refractivity contribution in [2.45, 2.75) is 66.7 Å². The van der Waals surface area contributed by atoms with E-state index in [0.29, 0.717) is 37.4 Å². The Labute approximate surface area is 99.8 Å². The van der Waals surface area contributed by atoms with E-state index >= 15 is 0 Å². The van der Waals surface area contributed by atoms with Crippen LogP contribution in [-0.2, 0) is 9.59 Å². The zero-order valence-electron chi connectivity index (χ0n) is 11.4. The molecular weight excluding hydrogens is 200 g/mol. The number of rotatable bonds is 8. The molecular formula is C14H26O2. The molecule has 0 heterocycles. The first-order valence-corrected chi connectivity index (χ1v) is 6.34. The molecule has 0 fully saturated rings. The molecule has 0 aromatic carbocycles. The molecule has 0 N–H and O–H groups in total. The average molecular weight is 226 g/mol. The number of ketones is 2. The van der Waals surface area contributed by atoms with Gasteiger partial charge in [-0.25, -0.2) is 0 Å². The van der Waals surface area contributed by atoms with E-state index in [9.17, 15) is 9.59 Å². The summed E-state index contributed by atoms with van der Waals surface area (Å²) in [6, 6.07) is 0. The number of Topliss-reactive ketones (excluding diaryl/α,β-unsaturated/α-hetero) is 2. The lowest BCUT2D eigenvalue weighted by Crippen LogP contribution is -2.25. The first-order valence-electron chi connectivity index (χ1n) is 6.34. The van der Waals surface area contributed by atoms with Gasteiger partial charge in [0, 0.05) is 24.7 Å². The topological polar surface area (TPSA) is 34.1 Å². The molecule has 0 aliphatic heterocycles. The molecule has 0 spiro atoms. The predicted molar refractivity (Wildman–Crippen MR) is 67.4 cm³/mol. The maximum absolute atomic E-state index is 12.0. The van der Waals surface area contributed by atoms with Crippen molar-refractivity contribution in [2.75, 3.05) is 0 Å². The van der Waals surface area contributed by atoms with Crippen molar-refractivity contribution in [3.05, 3.63) is 0 Å². The average Bonchev–Trinajstić information content (AvgIpc) is 2.22. The number of hydrogen-bond acceptors (Lipinski definition) is 2. The number of carbonyl (C=O) groups excluding carboxylic acids is 2. The lowest BCUT2D eigenvalue weighted by atomic mass is 9.80. The van der Waals surface area contributed by atoms with Crippen molar-refractivity contribution < 1.29 is 9.59 Å². The minimum absolute atomic E-state index is 0.254. The number of carbonyl (C=O) groups is 2. The Morgan fingerprint density at radius 2 is 1.69 bits per heavy atom. The third-order valence-corrected chi connectivity index (χ3v) is 3.13. The molecule has 0 aromatic rings. The van der Waals surface area contributed by atoms with Gasteiger partial charge in [0.05, 0.1) is 0 Å². The van der Waals surface area contributed by atoms with Crippen LogP contribution in [0.1, 0.15) is 66.7 Å². The quantitative estimate of drug-likeness (QED) is 0.631. The van der Waals surface area contributed by atoms with E-state index in [1.807, 2.05) is 20.8 Å². The van der Waals surface area contributed by atoms with Gasteiger partial charge in [-0.3, -0.25) is 9.59 Å². The Hall–Kier alpha value is -0.660. The Morgan fingerprint density at radius 3 is 2.12 bits per heavy atom. The molecule has 0 amide bonds. The third kappa shape index (κ3) is 6.04. The van der Waals surface area contributed by atoms with Gasteiger partial charge in [0.2, 0.25) is 0 Å². The Balaban J connectivity index is 4.10. The lowest BCUT2D eigenvalue weighted by molar-refractivity contribution is -0.128. The zero-order valence-corrected chi connectivity index (χ0v) is 11.4. The molecule has 0 aromatic heterocycles. The molecule has 0 bridgehead atoms. The van der Waals surface area contributed by atoms with E-state index in [1.54, 1.807) is 0 Å². The Morgan fingerprint density at radius 1 is 1.12 bits per heavy atom. The van der Waals surface area contributed by atoms with Crippen LogP contribution in [0.15, 0.2) is 0 Å². The summed E-state index contributed by atoms with van der Waals surface area (Å²) in [5, 5.41) is 0. The van der Waals surface area contributed by atoms with Gasteiger partial charge in [-0.2, -0.15) is 0 Å². The van der Waals surface area contributed by atoms with Crippen LogP contribution >= 0.6 is 0 Å². The molecule has 0 aliphatic carbocycles. The second kappa shape index (κ2) is 6.82. The van der Waals surface area contributed by atoms with Gasteiger partial charge < -0.3 is 0 Å². The summed E-state index contributed by atoms with van der Waals surface area (Å²) in [5.41, 5.74) is -0.334. The monoisotopic (exact) mass is 226 g/mol. The smallest absolute Gasteiger partial charge is 0.138 e. The summed E-state index contributed by atoms with van der Waals surface area (Å²) in [6.07, 6.45) is 3.40. The van der Waals surface area contributed by atoms with E-state index in [-0.39, 0.29) is 11.2 Å². The van der Waals surface area contributed by atoms with E-state index in [0.717, 1.165) is 6.42 Å². The summed E-state index contributed by atoms with van der Waals surface area (Å²) in [7, 11) is 0. The fourth-order valence-corrected chi connectivity index (χ4v) is 1.53. The van der Waals surface area contributed by atoms with Crippen LogP contribution in [0.25, 0.3) is 0 Å². The first-order chi connectivity index (χ1) is 7.29. The van der Waals surface area contributed by atoms with Crippen LogP contribution in [0.5, 0.6) is 0 Å². The summed E-state index contributed by atoms with van der Waals surface area (Å²) >= 11 is 0. The molecule has 16 heavy (non-hydrogen) atoms. The molecule has 2 nitrogen and oxygen atoms in total. The standard InChI is InChI=1S/C14H26O2/c1-6-12(15)9-10-14(4,5)13(16)8-7-11(2)3/h11H,6-10H2,1-5H3. The van der Waals surface area contributed by atoms with Crippen LogP contribution in [0.4, 0.5) is 0 Å². The zero-order chi connectivity index (χ0) is 12.8. The second-order valence-corrected chi connectivity index (χ2v) is 5.63. The van der Waals surface area contributed by atoms with Gasteiger partial charge in [-0.05, 0) is 18.8 Å². The van der Waals surface area contributed by atoms with Gasteiger partial charge in [0.1, 0.15) is 11.6 Å². The molecule has 2 heteroatoms. The van der Waals surface area contributed by atoms with Gasteiger partial charge in [0.25, 0.3) is 0 Å². The van der Waals surface area contributed by atoms with Crippen molar-refractivity contribution in [3.8, 4) is 0 Å². The minimum atomic E-state index is -0.334. The molecule has 0 aliphatic rings. The van der Waals surface area contributed by atoms with Gasteiger partial charge in [-0.1, -0.05) is 34.6 Å². The largest absolute Gasteiger partial charge is 0.300 e. The summed E-state index contributed by atoms with van der Waals surface area (Å²) in [5.74, 6) is 1.12. The minimum Gasteiger partial charge on any atom is -0.300 e. The highest BCUT2D eigenvalue weighted by molar-refractivity contribution is 5.85. The van der Waals surface area contributed by atoms with Gasteiger partial charge >= 0.3 is 0 Å². The van der Waals surface area contributed by atoms with Crippen molar-refractivity contribution in [2.24, 2.45) is 11.3 Å².